The number of hydrogen-bond acceptors (Lipinski definition) is 2. The minimum Gasteiger partial charge on any atom is -0.352 e. The molecule has 1 aromatic rings. The van der Waals surface area contributed by atoms with Crippen LogP contribution in [-0.4, -0.2) is 24.9 Å². The van der Waals surface area contributed by atoms with Gasteiger partial charge in [0.15, 0.2) is 0 Å². The average Bonchev–Trinajstić information content (AvgIpc) is 2.77. The van der Waals surface area contributed by atoms with Gasteiger partial charge in [0, 0.05) is 24.2 Å². The molecule has 4 heteroatoms. The molecule has 0 unspecified atom stereocenters. The van der Waals surface area contributed by atoms with Crippen LogP contribution in [0.15, 0.2) is 24.3 Å². The average molecular weight is 417 g/mol. The zero-order chi connectivity index (χ0) is 21.9. The molecule has 0 bridgehead atoms. The summed E-state index contributed by atoms with van der Waals surface area (Å²) in [5.74, 6) is -0.118. The zero-order valence-electron chi connectivity index (χ0n) is 19.4. The number of benzene rings is 1. The second-order valence-corrected chi connectivity index (χ2v) is 8.33. The molecule has 0 heterocycles. The molecule has 30 heavy (non-hydrogen) atoms. The molecular weight excluding hydrogens is 372 g/mol. The molecule has 0 saturated carbocycles. The minimum absolute atomic E-state index is 0.0592. The first-order valence-electron chi connectivity index (χ1n) is 12.4. The monoisotopic (exact) mass is 416 g/mol. The van der Waals surface area contributed by atoms with E-state index in [1.165, 1.54) is 77.0 Å². The standard InChI is InChI=1S/C26H44N2O2/c1-3-5-7-9-11-13-15-21-27-25(29)23-17-19-24(20-18-23)26(30)28-22-16-14-12-10-8-6-4-2/h17-20H,3-16,21-22H2,1-2H3,(H,27,29)(H,28,30). The van der Waals surface area contributed by atoms with Gasteiger partial charge in [-0.15, -0.1) is 0 Å². The van der Waals surface area contributed by atoms with E-state index in [4.69, 9.17) is 0 Å². The van der Waals surface area contributed by atoms with E-state index in [1.54, 1.807) is 24.3 Å². The number of nitrogens with one attached hydrogen (secondary N) is 2. The molecule has 4 nitrogen and oxygen atoms in total. The molecule has 170 valence electrons. The fraction of sp³-hybridized carbons (Fsp3) is 0.692. The van der Waals surface area contributed by atoms with Crippen LogP contribution >= 0.6 is 0 Å². The van der Waals surface area contributed by atoms with Gasteiger partial charge in [-0.25, -0.2) is 0 Å². The highest BCUT2D eigenvalue weighted by Gasteiger charge is 2.08. The van der Waals surface area contributed by atoms with Crippen molar-refractivity contribution in [3.8, 4) is 0 Å². The number of hydrogen-bond donors (Lipinski definition) is 2. The summed E-state index contributed by atoms with van der Waals surface area (Å²) >= 11 is 0. The summed E-state index contributed by atoms with van der Waals surface area (Å²) in [4.78, 5) is 24.5. The van der Waals surface area contributed by atoms with E-state index in [0.29, 0.717) is 24.2 Å². The van der Waals surface area contributed by atoms with Crippen molar-refractivity contribution in [2.45, 2.75) is 104 Å². The van der Waals surface area contributed by atoms with E-state index in [-0.39, 0.29) is 11.8 Å². The zero-order valence-corrected chi connectivity index (χ0v) is 19.4. The number of carbonyl (C=O) groups is 2. The maximum Gasteiger partial charge on any atom is 0.251 e. The largest absolute Gasteiger partial charge is 0.352 e. The van der Waals surface area contributed by atoms with Crippen LogP contribution < -0.4 is 10.6 Å². The van der Waals surface area contributed by atoms with Crippen LogP contribution in [0.25, 0.3) is 0 Å². The molecule has 0 aliphatic rings. The Hall–Kier alpha value is -1.84. The van der Waals surface area contributed by atoms with Crippen molar-refractivity contribution in [3.63, 3.8) is 0 Å². The smallest absolute Gasteiger partial charge is 0.251 e. The van der Waals surface area contributed by atoms with Gasteiger partial charge in [-0.05, 0) is 37.1 Å². The first-order chi connectivity index (χ1) is 14.7. The third kappa shape index (κ3) is 12.7. The second kappa shape index (κ2) is 18.0. The minimum atomic E-state index is -0.0592. The Morgan fingerprint density at radius 1 is 0.533 bits per heavy atom. The molecule has 0 spiro atoms. The topological polar surface area (TPSA) is 58.2 Å². The van der Waals surface area contributed by atoms with E-state index in [9.17, 15) is 9.59 Å². The third-order valence-electron chi connectivity index (χ3n) is 5.54. The summed E-state index contributed by atoms with van der Waals surface area (Å²) in [7, 11) is 0. The van der Waals surface area contributed by atoms with Crippen LogP contribution in [0.5, 0.6) is 0 Å². The molecule has 0 aliphatic carbocycles. The fourth-order valence-electron chi connectivity index (χ4n) is 3.55. The first kappa shape index (κ1) is 26.2. The normalized spacial score (nSPS) is 10.7. The van der Waals surface area contributed by atoms with Crippen molar-refractivity contribution in [3.05, 3.63) is 35.4 Å². The van der Waals surface area contributed by atoms with Gasteiger partial charge in [0.05, 0.1) is 0 Å². The summed E-state index contributed by atoms with van der Waals surface area (Å²) in [6.45, 7) is 5.89. The predicted molar refractivity (Wildman–Crippen MR) is 127 cm³/mol. The Morgan fingerprint density at radius 2 is 0.833 bits per heavy atom. The first-order valence-corrected chi connectivity index (χ1v) is 12.4. The van der Waals surface area contributed by atoms with Crippen molar-refractivity contribution >= 4 is 11.8 Å². The van der Waals surface area contributed by atoms with Crippen LogP contribution in [0.2, 0.25) is 0 Å². The van der Waals surface area contributed by atoms with E-state index < -0.39 is 0 Å². The van der Waals surface area contributed by atoms with Crippen LogP contribution in [0.4, 0.5) is 0 Å². The molecule has 0 radical (unpaired) electrons. The van der Waals surface area contributed by atoms with E-state index in [2.05, 4.69) is 24.5 Å². The lowest BCUT2D eigenvalue weighted by atomic mass is 10.1. The van der Waals surface area contributed by atoms with Crippen molar-refractivity contribution in [2.75, 3.05) is 13.1 Å². The van der Waals surface area contributed by atoms with Crippen molar-refractivity contribution in [1.82, 2.24) is 10.6 Å². The Morgan fingerprint density at radius 3 is 1.17 bits per heavy atom. The lowest BCUT2D eigenvalue weighted by Gasteiger charge is -2.08. The fourth-order valence-corrected chi connectivity index (χ4v) is 3.55. The van der Waals surface area contributed by atoms with Crippen LogP contribution in [0.3, 0.4) is 0 Å². The van der Waals surface area contributed by atoms with Gasteiger partial charge in [-0.3, -0.25) is 9.59 Å². The second-order valence-electron chi connectivity index (χ2n) is 8.33. The molecule has 0 fully saturated rings. The van der Waals surface area contributed by atoms with Crippen LogP contribution in [-0.2, 0) is 0 Å². The summed E-state index contributed by atoms with van der Waals surface area (Å²) in [6, 6.07) is 6.96. The highest BCUT2D eigenvalue weighted by atomic mass is 16.2. The Balaban J connectivity index is 2.16. The van der Waals surface area contributed by atoms with Crippen LogP contribution in [0.1, 0.15) is 124 Å². The number of amides is 2. The van der Waals surface area contributed by atoms with Gasteiger partial charge in [0.1, 0.15) is 0 Å². The summed E-state index contributed by atoms with van der Waals surface area (Å²) in [5.41, 5.74) is 1.23. The molecule has 2 amide bonds. The molecule has 1 rings (SSSR count). The van der Waals surface area contributed by atoms with Crippen LogP contribution in [0, 0.1) is 0 Å². The lowest BCUT2D eigenvalue weighted by molar-refractivity contribution is 0.0941. The van der Waals surface area contributed by atoms with Gasteiger partial charge in [-0.2, -0.15) is 0 Å². The quantitative estimate of drug-likeness (QED) is 0.263. The van der Waals surface area contributed by atoms with Gasteiger partial charge < -0.3 is 10.6 Å². The van der Waals surface area contributed by atoms with E-state index in [1.807, 2.05) is 0 Å². The molecule has 0 aromatic heterocycles. The van der Waals surface area contributed by atoms with Gasteiger partial charge >= 0.3 is 0 Å². The summed E-state index contributed by atoms with van der Waals surface area (Å²) < 4.78 is 0. The maximum absolute atomic E-state index is 12.2. The number of rotatable bonds is 18. The highest BCUT2D eigenvalue weighted by molar-refractivity contribution is 5.97. The Labute approximate surface area is 184 Å². The molecule has 0 atom stereocenters. The lowest BCUT2D eigenvalue weighted by Crippen LogP contribution is -2.26. The van der Waals surface area contributed by atoms with Gasteiger partial charge in [-0.1, -0.05) is 90.9 Å². The maximum atomic E-state index is 12.2. The predicted octanol–water partition coefficient (Wildman–Crippen LogP) is 6.65. The third-order valence-corrected chi connectivity index (χ3v) is 5.54. The SMILES string of the molecule is CCCCCCCCCNC(=O)c1ccc(C(=O)NCCCCCCCCC)cc1. The summed E-state index contributed by atoms with van der Waals surface area (Å²) in [5, 5.41) is 5.95. The molecule has 2 N–H and O–H groups in total. The van der Waals surface area contributed by atoms with E-state index >= 15 is 0 Å². The van der Waals surface area contributed by atoms with Crippen molar-refractivity contribution in [1.29, 1.82) is 0 Å². The molecule has 1 aromatic carbocycles. The molecular formula is C26H44N2O2. The highest BCUT2D eigenvalue weighted by Crippen LogP contribution is 2.08. The van der Waals surface area contributed by atoms with Gasteiger partial charge in [0.25, 0.3) is 11.8 Å². The molecule has 0 aliphatic heterocycles. The van der Waals surface area contributed by atoms with Crippen molar-refractivity contribution < 1.29 is 9.59 Å². The number of unbranched alkanes of at least 4 members (excludes halogenated alkanes) is 12. The summed E-state index contributed by atoms with van der Waals surface area (Å²) in [6.07, 6.45) is 17.3. The van der Waals surface area contributed by atoms with E-state index in [0.717, 1.165) is 12.8 Å². The Kier molecular flexibility index (Phi) is 15.7. The van der Waals surface area contributed by atoms with Crippen molar-refractivity contribution in [2.24, 2.45) is 0 Å². The number of carbonyl (C=O) groups excluding carboxylic acids is 2. The molecule has 0 saturated heterocycles. The van der Waals surface area contributed by atoms with Gasteiger partial charge in [0.2, 0.25) is 0 Å². The Bertz CT molecular complexity index is 518.